The van der Waals surface area contributed by atoms with Gasteiger partial charge in [-0.1, -0.05) is 6.58 Å². The Kier molecular flexibility index (Phi) is 2.83. The molecule has 5 heteroatoms. The van der Waals surface area contributed by atoms with Gasteiger partial charge in [-0.05, 0) is 33.8 Å². The van der Waals surface area contributed by atoms with E-state index in [-0.39, 0.29) is 11.2 Å². The Morgan fingerprint density at radius 2 is 1.59 bits per heavy atom. The van der Waals surface area contributed by atoms with E-state index in [1.54, 1.807) is 18.5 Å². The van der Waals surface area contributed by atoms with Crippen LogP contribution < -0.4 is 0 Å². The van der Waals surface area contributed by atoms with Gasteiger partial charge in [0.25, 0.3) is 0 Å². The van der Waals surface area contributed by atoms with Crippen molar-refractivity contribution in [2.45, 2.75) is 38.9 Å². The van der Waals surface area contributed by atoms with Crippen LogP contribution in [0.2, 0.25) is 0 Å². The lowest BCUT2D eigenvalue weighted by atomic mass is 9.79. The van der Waals surface area contributed by atoms with E-state index in [4.69, 9.17) is 9.31 Å². The fraction of sp³-hybridized carbons (Fsp3) is 0.500. The first-order valence-electron chi connectivity index (χ1n) is 5.65. The molecule has 0 N–H and O–H groups in total. The topological polar surface area (TPSA) is 44.2 Å². The van der Waals surface area contributed by atoms with Crippen molar-refractivity contribution in [3.05, 3.63) is 30.9 Å². The highest BCUT2D eigenvalue weighted by Crippen LogP contribution is 2.39. The molecule has 1 aromatic heterocycles. The van der Waals surface area contributed by atoms with Crippen molar-refractivity contribution in [2.24, 2.45) is 0 Å². The van der Waals surface area contributed by atoms with Crippen molar-refractivity contribution in [1.29, 1.82) is 0 Å². The van der Waals surface area contributed by atoms with Gasteiger partial charge in [0.05, 0.1) is 11.2 Å². The highest BCUT2D eigenvalue weighted by atomic mass is 16.7. The highest BCUT2D eigenvalue weighted by Gasteiger charge is 2.52. The third-order valence-corrected chi connectivity index (χ3v) is 3.39. The van der Waals surface area contributed by atoms with E-state index in [1.165, 1.54) is 0 Å². The van der Waals surface area contributed by atoms with Crippen LogP contribution in [0.25, 0.3) is 5.47 Å². The first-order valence-corrected chi connectivity index (χ1v) is 5.65. The molecular formula is C12H17BN2O2. The summed E-state index contributed by atoms with van der Waals surface area (Å²) >= 11 is 0. The minimum Gasteiger partial charge on any atom is -0.399 e. The molecule has 0 aliphatic carbocycles. The zero-order valence-electron chi connectivity index (χ0n) is 10.7. The molecule has 17 heavy (non-hydrogen) atoms. The van der Waals surface area contributed by atoms with Gasteiger partial charge in [0.1, 0.15) is 0 Å². The Labute approximate surface area is 102 Å². The molecule has 0 amide bonds. The summed E-state index contributed by atoms with van der Waals surface area (Å²) in [6.45, 7) is 12.0. The molecule has 1 aliphatic heterocycles. The van der Waals surface area contributed by atoms with Gasteiger partial charge in [0.2, 0.25) is 0 Å². The van der Waals surface area contributed by atoms with Crippen LogP contribution in [-0.4, -0.2) is 28.3 Å². The smallest absolute Gasteiger partial charge is 0.399 e. The normalized spacial score (nSPS) is 21.5. The predicted octanol–water partition coefficient (Wildman–Crippen LogP) is 2.12. The van der Waals surface area contributed by atoms with E-state index >= 15 is 0 Å². The molecule has 0 aromatic carbocycles. The summed E-state index contributed by atoms with van der Waals surface area (Å²) in [6.07, 6.45) is 3.36. The van der Waals surface area contributed by atoms with Crippen molar-refractivity contribution in [2.75, 3.05) is 0 Å². The van der Waals surface area contributed by atoms with E-state index in [1.807, 2.05) is 27.7 Å². The molecule has 1 saturated heterocycles. The zero-order valence-corrected chi connectivity index (χ0v) is 10.7. The first kappa shape index (κ1) is 12.3. The largest absolute Gasteiger partial charge is 0.498 e. The van der Waals surface area contributed by atoms with Crippen LogP contribution in [0.1, 0.15) is 33.5 Å². The van der Waals surface area contributed by atoms with E-state index in [0.717, 1.165) is 0 Å². The minimum absolute atomic E-state index is 0.366. The van der Waals surface area contributed by atoms with Gasteiger partial charge in [0, 0.05) is 17.9 Å². The number of rotatable bonds is 2. The average Bonchev–Trinajstić information content (AvgIpc) is 2.48. The van der Waals surface area contributed by atoms with Crippen LogP contribution in [0, 0.1) is 0 Å². The van der Waals surface area contributed by atoms with Crippen LogP contribution in [-0.2, 0) is 9.31 Å². The van der Waals surface area contributed by atoms with Gasteiger partial charge >= 0.3 is 7.12 Å². The van der Waals surface area contributed by atoms with Crippen LogP contribution in [0.5, 0.6) is 0 Å². The highest BCUT2D eigenvalue weighted by molar-refractivity contribution is 6.68. The van der Waals surface area contributed by atoms with Gasteiger partial charge in [-0.15, -0.1) is 0 Å². The maximum atomic E-state index is 5.88. The fourth-order valence-electron chi connectivity index (χ4n) is 1.56. The summed E-state index contributed by atoms with van der Waals surface area (Å²) in [7, 11) is -0.484. The molecule has 4 nitrogen and oxygen atoms in total. The van der Waals surface area contributed by atoms with Crippen LogP contribution >= 0.6 is 0 Å². The minimum atomic E-state index is -0.484. The maximum absolute atomic E-state index is 5.88. The molecule has 0 unspecified atom stereocenters. The van der Waals surface area contributed by atoms with E-state index in [9.17, 15) is 0 Å². The third kappa shape index (κ3) is 2.12. The summed E-state index contributed by atoms with van der Waals surface area (Å²) in [5.74, 6) is 0.561. The molecule has 0 bridgehead atoms. The summed E-state index contributed by atoms with van der Waals surface area (Å²) < 4.78 is 11.8. The molecule has 1 aromatic rings. The molecular weight excluding hydrogens is 215 g/mol. The van der Waals surface area contributed by atoms with Gasteiger partial charge in [-0.3, -0.25) is 0 Å². The number of nitrogens with zero attached hydrogens (tertiary/aromatic N) is 2. The quantitative estimate of drug-likeness (QED) is 0.732. The van der Waals surface area contributed by atoms with Crippen molar-refractivity contribution >= 4 is 12.6 Å². The molecule has 1 aliphatic rings. The molecule has 2 heterocycles. The van der Waals surface area contributed by atoms with E-state index in [0.29, 0.717) is 11.3 Å². The van der Waals surface area contributed by atoms with Gasteiger partial charge < -0.3 is 9.31 Å². The first-order chi connectivity index (χ1) is 7.83. The number of hydrogen-bond donors (Lipinski definition) is 0. The maximum Gasteiger partial charge on any atom is 0.498 e. The Morgan fingerprint density at radius 1 is 1.12 bits per heavy atom. The summed E-state index contributed by atoms with van der Waals surface area (Å²) in [5.41, 5.74) is -0.0747. The van der Waals surface area contributed by atoms with Crippen molar-refractivity contribution < 1.29 is 9.31 Å². The Hall–Kier alpha value is -1.20. The Balaban J connectivity index is 2.20. The average molecular weight is 232 g/mol. The van der Waals surface area contributed by atoms with E-state index in [2.05, 4.69) is 16.5 Å². The second kappa shape index (κ2) is 3.93. The standard InChI is InChI=1S/C12H17BN2O2/c1-9(10-14-7-6-8-15-10)13-16-11(2,3)12(4,5)17-13/h6-8H,1H2,2-5H3. The molecule has 90 valence electrons. The van der Waals surface area contributed by atoms with Crippen molar-refractivity contribution in [3.8, 4) is 0 Å². The van der Waals surface area contributed by atoms with Crippen LogP contribution in [0.4, 0.5) is 0 Å². The number of aromatic nitrogens is 2. The van der Waals surface area contributed by atoms with Crippen LogP contribution in [0.15, 0.2) is 25.0 Å². The second-order valence-corrected chi connectivity index (χ2v) is 5.19. The summed E-state index contributed by atoms with van der Waals surface area (Å²) in [4.78, 5) is 8.30. The van der Waals surface area contributed by atoms with E-state index < -0.39 is 7.12 Å². The Morgan fingerprint density at radius 3 is 2.06 bits per heavy atom. The van der Waals surface area contributed by atoms with Crippen molar-refractivity contribution in [3.63, 3.8) is 0 Å². The summed E-state index contributed by atoms with van der Waals surface area (Å²) in [6, 6.07) is 1.76. The monoisotopic (exact) mass is 232 g/mol. The predicted molar refractivity (Wildman–Crippen MR) is 67.1 cm³/mol. The fourth-order valence-corrected chi connectivity index (χ4v) is 1.56. The van der Waals surface area contributed by atoms with Gasteiger partial charge in [-0.2, -0.15) is 0 Å². The lowest BCUT2D eigenvalue weighted by Crippen LogP contribution is -2.41. The lowest BCUT2D eigenvalue weighted by Gasteiger charge is -2.32. The summed E-state index contributed by atoms with van der Waals surface area (Å²) in [5, 5.41) is 0. The third-order valence-electron chi connectivity index (χ3n) is 3.39. The Bertz CT molecular complexity index is 415. The van der Waals surface area contributed by atoms with Crippen molar-refractivity contribution in [1.82, 2.24) is 9.97 Å². The lowest BCUT2D eigenvalue weighted by molar-refractivity contribution is 0.00578. The molecule has 0 radical (unpaired) electrons. The molecule has 0 atom stereocenters. The van der Waals surface area contributed by atoms with Gasteiger partial charge in [-0.25, -0.2) is 9.97 Å². The molecule has 0 spiro atoms. The molecule has 1 fully saturated rings. The molecule has 0 saturated carbocycles. The van der Waals surface area contributed by atoms with Gasteiger partial charge in [0.15, 0.2) is 5.82 Å². The van der Waals surface area contributed by atoms with Crippen LogP contribution in [0.3, 0.4) is 0 Å². The zero-order chi connectivity index (χ0) is 12.7. The molecule has 2 rings (SSSR count). The number of hydrogen-bond acceptors (Lipinski definition) is 4. The second-order valence-electron chi connectivity index (χ2n) is 5.19. The SMILES string of the molecule is C=C(B1OC(C)(C)C(C)(C)O1)c1ncccn1.